The van der Waals surface area contributed by atoms with Crippen molar-refractivity contribution in [2.24, 2.45) is 0 Å². The van der Waals surface area contributed by atoms with Crippen molar-refractivity contribution in [1.29, 1.82) is 0 Å². The summed E-state index contributed by atoms with van der Waals surface area (Å²) in [6.45, 7) is 1.56. The van der Waals surface area contributed by atoms with Gasteiger partial charge in [0, 0.05) is 0 Å². The molecule has 0 aliphatic carbocycles. The average Bonchev–Trinajstić information content (AvgIpc) is 3.00. The number of nitrogens with two attached hydrogens (primary N) is 1. The molecule has 122 valence electrons. The van der Waals surface area contributed by atoms with Crippen molar-refractivity contribution in [2.75, 3.05) is 5.73 Å². The number of carbonyl (C=O) groups excluding carboxylic acids is 1. The van der Waals surface area contributed by atoms with E-state index in [9.17, 15) is 4.79 Å². The van der Waals surface area contributed by atoms with Crippen LogP contribution in [0, 0.1) is 0 Å². The van der Waals surface area contributed by atoms with E-state index >= 15 is 0 Å². The molecule has 4 nitrogen and oxygen atoms in total. The Balaban J connectivity index is 2.13. The van der Waals surface area contributed by atoms with Gasteiger partial charge in [0.1, 0.15) is 0 Å². The minimum atomic E-state index is -0.197. The van der Waals surface area contributed by atoms with E-state index in [1.54, 1.807) is 6.92 Å². The molecule has 4 aromatic rings. The number of Topliss-reactive ketones (excluding diaryl/α,β-unsaturated/α-hetero) is 1. The number of nitrogens with zero attached hydrogens (tertiary/aromatic N) is 2. The first-order valence-electron chi connectivity index (χ1n) is 7.87. The van der Waals surface area contributed by atoms with Gasteiger partial charge in [-0.25, -0.2) is 0 Å². The van der Waals surface area contributed by atoms with Crippen LogP contribution in [0.1, 0.15) is 16.2 Å². The van der Waals surface area contributed by atoms with Gasteiger partial charge in [-0.05, 0) is 0 Å². The van der Waals surface area contributed by atoms with Gasteiger partial charge >= 0.3 is 151 Å². The summed E-state index contributed by atoms with van der Waals surface area (Å²) in [6, 6.07) is 20.0. The van der Waals surface area contributed by atoms with Crippen molar-refractivity contribution < 1.29 is 4.79 Å². The van der Waals surface area contributed by atoms with Crippen LogP contribution in [0.25, 0.3) is 32.2 Å². The number of rotatable bonds is 3. The first-order chi connectivity index (χ1) is 12.2. The van der Waals surface area contributed by atoms with Crippen molar-refractivity contribution in [2.45, 2.75) is 6.92 Å². The Morgan fingerprint density at radius 3 is 2.12 bits per heavy atom. The van der Waals surface area contributed by atoms with Crippen molar-refractivity contribution >= 4 is 35.8 Å². The van der Waals surface area contributed by atoms with Crippen molar-refractivity contribution in [3.8, 4) is 22.4 Å². The molecule has 0 aliphatic heterocycles. The molecule has 0 atom stereocenters. The third kappa shape index (κ3) is 2.68. The van der Waals surface area contributed by atoms with Crippen LogP contribution in [-0.2, 0) is 0 Å². The molecule has 25 heavy (non-hydrogen) atoms. The van der Waals surface area contributed by atoms with E-state index in [-0.39, 0.29) is 20.3 Å². The van der Waals surface area contributed by atoms with E-state index in [0.717, 1.165) is 32.2 Å². The van der Waals surface area contributed by atoms with Gasteiger partial charge in [0.15, 0.2) is 0 Å². The Morgan fingerprint density at radius 2 is 1.52 bits per heavy atom. The standard InChI is InChI=1S/C20H15N3OSe/c1-12(24)19-17(21)16-15(13-8-4-2-5-9-13)18(22-23-20(16)25-19)14-10-6-3-7-11-14/h2-11H,21H2,1H3. The predicted molar refractivity (Wildman–Crippen MR) is 102 cm³/mol. The summed E-state index contributed by atoms with van der Waals surface area (Å²) in [5, 5.41) is 9.77. The number of benzene rings is 2. The molecule has 2 N–H and O–H groups in total. The van der Waals surface area contributed by atoms with Gasteiger partial charge in [0.05, 0.1) is 0 Å². The van der Waals surface area contributed by atoms with Gasteiger partial charge in [-0.3, -0.25) is 0 Å². The van der Waals surface area contributed by atoms with Crippen LogP contribution in [0.2, 0.25) is 0 Å². The zero-order chi connectivity index (χ0) is 17.4. The minimum absolute atomic E-state index is 0.00997. The second kappa shape index (κ2) is 6.28. The Bertz CT molecular complexity index is 1070. The van der Waals surface area contributed by atoms with Crippen LogP contribution in [0.15, 0.2) is 60.7 Å². The molecular weight excluding hydrogens is 377 g/mol. The normalized spacial score (nSPS) is 10.9. The van der Waals surface area contributed by atoms with E-state index in [4.69, 9.17) is 5.73 Å². The summed E-state index contributed by atoms with van der Waals surface area (Å²) in [4.78, 5) is 12.0. The average molecular weight is 392 g/mol. The third-order valence-corrected chi connectivity index (χ3v) is 6.58. The topological polar surface area (TPSA) is 68.9 Å². The maximum atomic E-state index is 12.0. The van der Waals surface area contributed by atoms with E-state index in [0.29, 0.717) is 10.1 Å². The molecule has 0 spiro atoms. The molecule has 0 radical (unpaired) electrons. The molecule has 5 heteroatoms. The van der Waals surface area contributed by atoms with E-state index in [2.05, 4.69) is 10.2 Å². The fourth-order valence-corrected chi connectivity index (χ4v) is 4.94. The molecule has 0 saturated heterocycles. The SMILES string of the molecule is CC(=O)c1[se]c2nnc(-c3ccccc3)c(-c3ccccc3)c2c1N. The first-order valence-corrected chi connectivity index (χ1v) is 9.58. The van der Waals surface area contributed by atoms with Gasteiger partial charge in [0.2, 0.25) is 0 Å². The number of hydrogen-bond donors (Lipinski definition) is 1. The van der Waals surface area contributed by atoms with Gasteiger partial charge in [-0.15, -0.1) is 0 Å². The van der Waals surface area contributed by atoms with Crippen LogP contribution in [-0.4, -0.2) is 30.5 Å². The van der Waals surface area contributed by atoms with E-state index in [1.165, 1.54) is 0 Å². The summed E-state index contributed by atoms with van der Waals surface area (Å²) in [6.07, 6.45) is 0. The second-order valence-corrected chi connectivity index (χ2v) is 7.83. The van der Waals surface area contributed by atoms with Crippen LogP contribution < -0.4 is 5.73 Å². The number of hydrogen-bond acceptors (Lipinski definition) is 4. The molecule has 2 heterocycles. The van der Waals surface area contributed by atoms with Crippen LogP contribution in [0.3, 0.4) is 0 Å². The van der Waals surface area contributed by atoms with Crippen LogP contribution in [0.4, 0.5) is 5.69 Å². The van der Waals surface area contributed by atoms with Crippen molar-refractivity contribution in [3.05, 3.63) is 65.1 Å². The van der Waals surface area contributed by atoms with E-state index in [1.807, 2.05) is 60.7 Å². The Labute approximate surface area is 151 Å². The quantitative estimate of drug-likeness (QED) is 0.425. The van der Waals surface area contributed by atoms with Gasteiger partial charge in [-0.1, -0.05) is 0 Å². The maximum absolute atomic E-state index is 12.0. The van der Waals surface area contributed by atoms with Gasteiger partial charge in [0.25, 0.3) is 0 Å². The summed E-state index contributed by atoms with van der Waals surface area (Å²) in [5.74, 6) is 0.00997. The van der Waals surface area contributed by atoms with Crippen LogP contribution >= 0.6 is 0 Å². The zero-order valence-corrected chi connectivity index (χ0v) is 15.3. The number of aromatic nitrogens is 2. The molecule has 0 saturated carbocycles. The summed E-state index contributed by atoms with van der Waals surface area (Å²) >= 11 is -0.197. The molecule has 0 unspecified atom stereocenters. The number of anilines is 1. The molecule has 4 rings (SSSR count). The number of fused-ring (bicyclic) bond motifs is 1. The molecule has 0 amide bonds. The Hall–Kier alpha value is -2.75. The van der Waals surface area contributed by atoms with Crippen molar-refractivity contribution in [1.82, 2.24) is 10.2 Å². The molecule has 0 bridgehead atoms. The number of ketones is 1. The summed E-state index contributed by atoms with van der Waals surface area (Å²) in [7, 11) is 0. The van der Waals surface area contributed by atoms with Gasteiger partial charge < -0.3 is 0 Å². The Morgan fingerprint density at radius 1 is 0.920 bits per heavy atom. The van der Waals surface area contributed by atoms with Crippen LogP contribution in [0.5, 0.6) is 0 Å². The summed E-state index contributed by atoms with van der Waals surface area (Å²) < 4.78 is 1.51. The van der Waals surface area contributed by atoms with Gasteiger partial charge in [-0.2, -0.15) is 0 Å². The monoisotopic (exact) mass is 393 g/mol. The molecule has 0 fully saturated rings. The molecule has 2 aromatic heterocycles. The molecular formula is C20H15N3OSe. The second-order valence-electron chi connectivity index (χ2n) is 5.74. The molecule has 0 aliphatic rings. The first kappa shape index (κ1) is 15.8. The fourth-order valence-electron chi connectivity index (χ4n) is 2.95. The predicted octanol–water partition coefficient (Wildman–Crippen LogP) is 3.81. The fraction of sp³-hybridized carbons (Fsp3) is 0.0500. The number of nitrogen functional groups attached to an aromatic ring is 1. The third-order valence-electron chi connectivity index (χ3n) is 4.08. The Kier molecular flexibility index (Phi) is 3.96. The summed E-state index contributed by atoms with van der Waals surface area (Å²) in [5.41, 5.74) is 10.7. The number of carbonyl (C=O) groups is 1. The van der Waals surface area contributed by atoms with E-state index < -0.39 is 0 Å². The molecule has 2 aromatic carbocycles. The van der Waals surface area contributed by atoms with Crippen molar-refractivity contribution in [3.63, 3.8) is 0 Å². The zero-order valence-electron chi connectivity index (χ0n) is 13.6.